The number of amides is 1. The van der Waals surface area contributed by atoms with Crippen molar-refractivity contribution >= 4 is 34.2 Å². The van der Waals surface area contributed by atoms with Crippen molar-refractivity contribution in [3.8, 4) is 0 Å². The van der Waals surface area contributed by atoms with Gasteiger partial charge in [-0.2, -0.15) is 0 Å². The summed E-state index contributed by atoms with van der Waals surface area (Å²) in [7, 11) is 1.81. The Labute approximate surface area is 140 Å². The lowest BCUT2D eigenvalue weighted by Crippen LogP contribution is -2.47. The topological polar surface area (TPSA) is 55.6 Å². The fourth-order valence-electron chi connectivity index (χ4n) is 2.52. The molecule has 1 aliphatic rings. The Morgan fingerprint density at radius 2 is 2.14 bits per heavy atom. The minimum atomic E-state index is -0.420. The highest BCUT2D eigenvalue weighted by molar-refractivity contribution is 9.10. The summed E-state index contributed by atoms with van der Waals surface area (Å²) in [6, 6.07) is 7.55. The maximum absolute atomic E-state index is 12.4. The zero-order valence-electron chi connectivity index (χ0n) is 12.1. The van der Waals surface area contributed by atoms with Crippen LogP contribution in [0, 0.1) is 5.92 Å². The van der Waals surface area contributed by atoms with Crippen molar-refractivity contribution in [1.82, 2.24) is 4.90 Å². The molecule has 0 saturated carbocycles. The summed E-state index contributed by atoms with van der Waals surface area (Å²) >= 11 is 3.44. The van der Waals surface area contributed by atoms with E-state index in [1.807, 2.05) is 31.3 Å². The summed E-state index contributed by atoms with van der Waals surface area (Å²) in [4.78, 5) is 14.1. The number of nitrogens with two attached hydrogens (primary N) is 1. The summed E-state index contributed by atoms with van der Waals surface area (Å²) in [5.41, 5.74) is 7.21. The third-order valence-electron chi connectivity index (χ3n) is 3.74. The molecule has 1 fully saturated rings. The zero-order chi connectivity index (χ0) is 14.5. The minimum Gasteiger partial charge on any atom is -0.381 e. The first kappa shape index (κ1) is 18.4. The number of nitrogens with zero attached hydrogens (tertiary/aromatic N) is 1. The number of carbonyl (C=O) groups is 1. The fraction of sp³-hybridized carbons (Fsp3) is 0.533. The standard InChI is InChI=1S/C15H21BrN2O2.ClH/c1-18(10-11-3-2-4-13(16)9-11)15(19)14(17)12-5-7-20-8-6-12;/h2-4,9,12,14H,5-8,10,17H2,1H3;1H. The molecule has 1 aromatic carbocycles. The number of ether oxygens (including phenoxy) is 1. The van der Waals surface area contributed by atoms with Crippen LogP contribution < -0.4 is 5.73 Å². The lowest BCUT2D eigenvalue weighted by atomic mass is 9.91. The highest BCUT2D eigenvalue weighted by atomic mass is 79.9. The van der Waals surface area contributed by atoms with Crippen LogP contribution in [0.25, 0.3) is 0 Å². The van der Waals surface area contributed by atoms with E-state index in [1.54, 1.807) is 4.90 Å². The molecule has 1 amide bonds. The third kappa shape index (κ3) is 5.25. The second kappa shape index (κ2) is 8.73. The number of halogens is 2. The molecule has 1 heterocycles. The van der Waals surface area contributed by atoms with Crippen LogP contribution in [0.3, 0.4) is 0 Å². The summed E-state index contributed by atoms with van der Waals surface area (Å²) in [5.74, 6) is 0.248. The van der Waals surface area contributed by atoms with Gasteiger partial charge < -0.3 is 15.4 Å². The van der Waals surface area contributed by atoms with Crippen LogP contribution in [0.15, 0.2) is 28.7 Å². The van der Waals surface area contributed by atoms with Gasteiger partial charge in [-0.3, -0.25) is 4.79 Å². The average Bonchev–Trinajstić information content (AvgIpc) is 2.46. The summed E-state index contributed by atoms with van der Waals surface area (Å²) < 4.78 is 6.33. The molecule has 2 N–H and O–H groups in total. The monoisotopic (exact) mass is 376 g/mol. The molecule has 6 heteroatoms. The molecule has 0 aromatic heterocycles. The minimum absolute atomic E-state index is 0. The van der Waals surface area contributed by atoms with Crippen LogP contribution >= 0.6 is 28.3 Å². The van der Waals surface area contributed by atoms with Crippen molar-refractivity contribution in [1.29, 1.82) is 0 Å². The van der Waals surface area contributed by atoms with Crippen molar-refractivity contribution in [2.75, 3.05) is 20.3 Å². The highest BCUT2D eigenvalue weighted by Gasteiger charge is 2.28. The van der Waals surface area contributed by atoms with Crippen LogP contribution in [-0.4, -0.2) is 37.1 Å². The molecule has 1 aromatic rings. The molecule has 1 unspecified atom stereocenters. The molecule has 0 aliphatic carbocycles. The molecule has 2 rings (SSSR count). The van der Waals surface area contributed by atoms with Gasteiger partial charge in [0, 0.05) is 31.3 Å². The van der Waals surface area contributed by atoms with Gasteiger partial charge in [-0.15, -0.1) is 12.4 Å². The number of hydrogen-bond acceptors (Lipinski definition) is 3. The van der Waals surface area contributed by atoms with E-state index >= 15 is 0 Å². The van der Waals surface area contributed by atoms with Crippen LogP contribution in [0.2, 0.25) is 0 Å². The number of rotatable bonds is 4. The summed E-state index contributed by atoms with van der Waals surface area (Å²) in [5, 5.41) is 0. The van der Waals surface area contributed by atoms with Gasteiger partial charge >= 0.3 is 0 Å². The largest absolute Gasteiger partial charge is 0.381 e. The van der Waals surface area contributed by atoms with E-state index in [0.29, 0.717) is 19.8 Å². The van der Waals surface area contributed by atoms with E-state index in [4.69, 9.17) is 10.5 Å². The molecule has 4 nitrogen and oxygen atoms in total. The normalized spacial score (nSPS) is 16.9. The molecule has 1 aliphatic heterocycles. The van der Waals surface area contributed by atoms with Crippen LogP contribution in [0.5, 0.6) is 0 Å². The van der Waals surface area contributed by atoms with Crippen molar-refractivity contribution < 1.29 is 9.53 Å². The van der Waals surface area contributed by atoms with Crippen molar-refractivity contribution in [3.63, 3.8) is 0 Å². The van der Waals surface area contributed by atoms with E-state index in [2.05, 4.69) is 15.9 Å². The van der Waals surface area contributed by atoms with E-state index in [1.165, 1.54) is 0 Å². The number of likely N-dealkylation sites (N-methyl/N-ethyl adjacent to an activating group) is 1. The Kier molecular flexibility index (Phi) is 7.66. The average molecular weight is 378 g/mol. The Bertz CT molecular complexity index is 467. The quantitative estimate of drug-likeness (QED) is 0.877. The summed E-state index contributed by atoms with van der Waals surface area (Å²) in [6.45, 7) is 2.00. The first-order chi connectivity index (χ1) is 9.58. The maximum atomic E-state index is 12.4. The van der Waals surface area contributed by atoms with Crippen LogP contribution in [0.1, 0.15) is 18.4 Å². The van der Waals surface area contributed by atoms with Gasteiger partial charge in [-0.25, -0.2) is 0 Å². The molecule has 0 bridgehead atoms. The lowest BCUT2D eigenvalue weighted by Gasteiger charge is -2.29. The molecule has 0 spiro atoms. The van der Waals surface area contributed by atoms with E-state index < -0.39 is 6.04 Å². The van der Waals surface area contributed by atoms with E-state index in [0.717, 1.165) is 22.9 Å². The van der Waals surface area contributed by atoms with Gasteiger partial charge in [-0.1, -0.05) is 28.1 Å². The molecular weight excluding hydrogens is 356 g/mol. The third-order valence-corrected chi connectivity index (χ3v) is 4.24. The Morgan fingerprint density at radius 1 is 1.48 bits per heavy atom. The zero-order valence-corrected chi connectivity index (χ0v) is 14.5. The SMILES string of the molecule is CN(Cc1cccc(Br)c1)C(=O)C(N)C1CCOCC1.Cl. The molecule has 21 heavy (non-hydrogen) atoms. The summed E-state index contributed by atoms with van der Waals surface area (Å²) in [6.07, 6.45) is 1.75. The van der Waals surface area contributed by atoms with Gasteiger partial charge in [0.05, 0.1) is 6.04 Å². The van der Waals surface area contributed by atoms with Crippen molar-refractivity contribution in [2.45, 2.75) is 25.4 Å². The second-order valence-corrected chi connectivity index (χ2v) is 6.22. The first-order valence-corrected chi connectivity index (χ1v) is 7.70. The Morgan fingerprint density at radius 3 is 2.76 bits per heavy atom. The van der Waals surface area contributed by atoms with Crippen LogP contribution in [-0.2, 0) is 16.1 Å². The maximum Gasteiger partial charge on any atom is 0.239 e. The molecule has 1 saturated heterocycles. The highest BCUT2D eigenvalue weighted by Crippen LogP contribution is 2.19. The number of benzene rings is 1. The molecule has 118 valence electrons. The molecule has 1 atom stereocenters. The molecule has 0 radical (unpaired) electrons. The number of carbonyl (C=O) groups excluding carboxylic acids is 1. The molecular formula is C15H22BrClN2O2. The predicted molar refractivity (Wildman–Crippen MR) is 89.4 cm³/mol. The van der Waals surface area contributed by atoms with Gasteiger partial charge in [0.1, 0.15) is 0 Å². The van der Waals surface area contributed by atoms with E-state index in [9.17, 15) is 4.79 Å². The smallest absolute Gasteiger partial charge is 0.239 e. The first-order valence-electron chi connectivity index (χ1n) is 6.90. The van der Waals surface area contributed by atoms with Crippen LogP contribution in [0.4, 0.5) is 0 Å². The van der Waals surface area contributed by atoms with Gasteiger partial charge in [0.25, 0.3) is 0 Å². The Hall–Kier alpha value is -0.620. The van der Waals surface area contributed by atoms with Gasteiger partial charge in [0.15, 0.2) is 0 Å². The number of hydrogen-bond donors (Lipinski definition) is 1. The van der Waals surface area contributed by atoms with E-state index in [-0.39, 0.29) is 24.2 Å². The van der Waals surface area contributed by atoms with Crippen molar-refractivity contribution in [2.24, 2.45) is 11.7 Å². The van der Waals surface area contributed by atoms with Gasteiger partial charge in [-0.05, 0) is 36.5 Å². The fourth-order valence-corrected chi connectivity index (χ4v) is 2.96. The lowest BCUT2D eigenvalue weighted by molar-refractivity contribution is -0.133. The Balaban J connectivity index is 0.00000220. The second-order valence-electron chi connectivity index (χ2n) is 5.30. The van der Waals surface area contributed by atoms with Crippen molar-refractivity contribution in [3.05, 3.63) is 34.3 Å². The van der Waals surface area contributed by atoms with Gasteiger partial charge in [0.2, 0.25) is 5.91 Å². The predicted octanol–water partition coefficient (Wildman–Crippen LogP) is 2.58.